The minimum Gasteiger partial charge on any atom is -0.445 e. The van der Waals surface area contributed by atoms with Gasteiger partial charge in [-0.2, -0.15) is 0 Å². The number of carbonyl (C=O) groups is 1. The molecule has 0 unspecified atom stereocenters. The molecule has 162 valence electrons. The summed E-state index contributed by atoms with van der Waals surface area (Å²) in [6.45, 7) is 0.831. The largest absolute Gasteiger partial charge is 0.445 e. The summed E-state index contributed by atoms with van der Waals surface area (Å²) >= 11 is 0. The Hall–Kier alpha value is -2.52. The van der Waals surface area contributed by atoms with Gasteiger partial charge >= 0.3 is 6.09 Å². The van der Waals surface area contributed by atoms with Crippen molar-refractivity contribution < 1.29 is 26.7 Å². The normalized spacial score (nSPS) is 16.8. The highest BCUT2D eigenvalue weighted by Gasteiger charge is 2.32. The molecule has 0 radical (unpaired) electrons. The van der Waals surface area contributed by atoms with Crippen LogP contribution in [0, 0.1) is 17.6 Å². The number of likely N-dealkylation sites (tertiary alicyclic amines) is 1. The average molecular weight is 438 g/mol. The predicted octanol–water partition coefficient (Wildman–Crippen LogP) is 3.39. The van der Waals surface area contributed by atoms with Crippen molar-refractivity contribution >= 4 is 16.1 Å². The SMILES string of the molecule is CN(Cc1ccc(F)c(F)c1)S(=O)(=O)C[C@H]1CCN(C(=O)OCc2ccccc2)C1. The van der Waals surface area contributed by atoms with E-state index in [0.717, 1.165) is 22.0 Å². The summed E-state index contributed by atoms with van der Waals surface area (Å²) < 4.78 is 58.1. The number of carbonyl (C=O) groups excluding carboxylic acids is 1. The van der Waals surface area contributed by atoms with E-state index in [2.05, 4.69) is 0 Å². The van der Waals surface area contributed by atoms with Gasteiger partial charge in [-0.25, -0.2) is 26.3 Å². The van der Waals surface area contributed by atoms with Gasteiger partial charge in [0.1, 0.15) is 6.61 Å². The first-order chi connectivity index (χ1) is 14.2. The van der Waals surface area contributed by atoms with E-state index in [1.165, 1.54) is 18.0 Å². The Morgan fingerprint density at radius 2 is 1.87 bits per heavy atom. The van der Waals surface area contributed by atoms with Crippen molar-refractivity contribution in [2.75, 3.05) is 25.9 Å². The van der Waals surface area contributed by atoms with Crippen molar-refractivity contribution in [3.8, 4) is 0 Å². The molecule has 2 aromatic rings. The molecule has 2 aromatic carbocycles. The summed E-state index contributed by atoms with van der Waals surface area (Å²) in [5.74, 6) is -2.34. The Labute approximate surface area is 175 Å². The van der Waals surface area contributed by atoms with Crippen LogP contribution in [-0.4, -0.2) is 49.6 Å². The van der Waals surface area contributed by atoms with E-state index in [0.29, 0.717) is 25.1 Å². The number of amides is 1. The first kappa shape index (κ1) is 22.2. The highest BCUT2D eigenvalue weighted by atomic mass is 32.2. The smallest absolute Gasteiger partial charge is 0.410 e. The lowest BCUT2D eigenvalue weighted by Crippen LogP contribution is -2.34. The molecule has 30 heavy (non-hydrogen) atoms. The van der Waals surface area contributed by atoms with Gasteiger partial charge in [0.15, 0.2) is 11.6 Å². The molecule has 6 nitrogen and oxygen atoms in total. The summed E-state index contributed by atoms with van der Waals surface area (Å²) in [4.78, 5) is 13.8. The van der Waals surface area contributed by atoms with Crippen LogP contribution < -0.4 is 0 Å². The Kier molecular flexibility index (Phi) is 7.04. The number of sulfonamides is 1. The second-order valence-electron chi connectivity index (χ2n) is 7.42. The standard InChI is InChI=1S/C21H24F2N2O4S/c1-24(12-17-7-8-19(22)20(23)11-17)30(27,28)15-18-9-10-25(13-18)21(26)29-14-16-5-3-2-4-6-16/h2-8,11,18H,9-10,12-15H2,1H3/t18-/m0/s1. The van der Waals surface area contributed by atoms with E-state index in [1.807, 2.05) is 30.3 Å². The van der Waals surface area contributed by atoms with Crippen LogP contribution in [0.5, 0.6) is 0 Å². The van der Waals surface area contributed by atoms with Gasteiger partial charge in [0.2, 0.25) is 10.0 Å². The van der Waals surface area contributed by atoms with Crippen LogP contribution in [0.25, 0.3) is 0 Å². The number of rotatable bonds is 7. The van der Waals surface area contributed by atoms with E-state index < -0.39 is 27.8 Å². The van der Waals surface area contributed by atoms with Gasteiger partial charge in [0.25, 0.3) is 0 Å². The molecule has 1 saturated heterocycles. The third-order valence-corrected chi connectivity index (χ3v) is 7.03. The van der Waals surface area contributed by atoms with E-state index in [4.69, 9.17) is 4.74 Å². The van der Waals surface area contributed by atoms with Gasteiger partial charge in [0.05, 0.1) is 5.75 Å². The third kappa shape index (κ3) is 5.76. The maximum absolute atomic E-state index is 13.4. The Morgan fingerprint density at radius 3 is 2.57 bits per heavy atom. The molecule has 1 aliphatic rings. The zero-order valence-electron chi connectivity index (χ0n) is 16.6. The third-order valence-electron chi connectivity index (χ3n) is 5.06. The zero-order valence-corrected chi connectivity index (χ0v) is 17.4. The molecule has 0 spiro atoms. The molecule has 0 aliphatic carbocycles. The van der Waals surface area contributed by atoms with Crippen molar-refractivity contribution in [1.82, 2.24) is 9.21 Å². The van der Waals surface area contributed by atoms with Crippen molar-refractivity contribution in [3.63, 3.8) is 0 Å². The number of benzene rings is 2. The lowest BCUT2D eigenvalue weighted by Gasteiger charge is -2.20. The first-order valence-corrected chi connectivity index (χ1v) is 11.2. The van der Waals surface area contributed by atoms with Gasteiger partial charge < -0.3 is 9.64 Å². The number of ether oxygens (including phenoxy) is 1. The Morgan fingerprint density at radius 1 is 1.13 bits per heavy atom. The molecule has 1 amide bonds. The lowest BCUT2D eigenvalue weighted by atomic mass is 10.2. The van der Waals surface area contributed by atoms with E-state index in [9.17, 15) is 22.0 Å². The van der Waals surface area contributed by atoms with Crippen molar-refractivity contribution in [3.05, 3.63) is 71.3 Å². The molecule has 1 atom stereocenters. The molecule has 3 rings (SSSR count). The fourth-order valence-electron chi connectivity index (χ4n) is 3.36. The van der Waals surface area contributed by atoms with Crippen LogP contribution in [0.4, 0.5) is 13.6 Å². The van der Waals surface area contributed by atoms with Gasteiger partial charge in [-0.15, -0.1) is 0 Å². The lowest BCUT2D eigenvalue weighted by molar-refractivity contribution is 0.103. The molecule has 9 heteroatoms. The second-order valence-corrected chi connectivity index (χ2v) is 9.54. The monoisotopic (exact) mass is 438 g/mol. The molecule has 0 aromatic heterocycles. The Bertz CT molecular complexity index is 986. The fraction of sp³-hybridized carbons (Fsp3) is 0.381. The van der Waals surface area contributed by atoms with Crippen molar-refractivity contribution in [1.29, 1.82) is 0 Å². The second kappa shape index (κ2) is 9.53. The van der Waals surface area contributed by atoms with Gasteiger partial charge in [0, 0.05) is 26.7 Å². The zero-order chi connectivity index (χ0) is 21.7. The van der Waals surface area contributed by atoms with E-state index >= 15 is 0 Å². The van der Waals surface area contributed by atoms with Crippen LogP contribution in [0.2, 0.25) is 0 Å². The maximum atomic E-state index is 13.4. The van der Waals surface area contributed by atoms with Crippen LogP contribution in [0.1, 0.15) is 17.5 Å². The summed E-state index contributed by atoms with van der Waals surface area (Å²) in [5.41, 5.74) is 1.24. The summed E-state index contributed by atoms with van der Waals surface area (Å²) in [6.07, 6.45) is 0.0903. The van der Waals surface area contributed by atoms with Gasteiger partial charge in [-0.05, 0) is 35.6 Å². The number of hydrogen-bond donors (Lipinski definition) is 0. The number of halogens is 2. The first-order valence-electron chi connectivity index (χ1n) is 9.58. The van der Waals surface area contributed by atoms with E-state index in [-0.39, 0.29) is 24.8 Å². The minimum atomic E-state index is -3.63. The summed E-state index contributed by atoms with van der Waals surface area (Å²) in [5, 5.41) is 0. The van der Waals surface area contributed by atoms with Crippen molar-refractivity contribution in [2.24, 2.45) is 5.92 Å². The van der Waals surface area contributed by atoms with Gasteiger partial charge in [-0.3, -0.25) is 0 Å². The molecule has 0 bridgehead atoms. The predicted molar refractivity (Wildman–Crippen MR) is 108 cm³/mol. The molecule has 1 aliphatic heterocycles. The summed E-state index contributed by atoms with van der Waals surface area (Å²) in [7, 11) is -2.23. The van der Waals surface area contributed by atoms with Crippen molar-refractivity contribution in [2.45, 2.75) is 19.6 Å². The van der Waals surface area contributed by atoms with Gasteiger partial charge in [-0.1, -0.05) is 36.4 Å². The fourth-order valence-corrected chi connectivity index (χ4v) is 4.83. The molecule has 1 heterocycles. The molecule has 0 saturated carbocycles. The average Bonchev–Trinajstić information content (AvgIpc) is 3.17. The highest BCUT2D eigenvalue weighted by molar-refractivity contribution is 7.89. The van der Waals surface area contributed by atoms with E-state index in [1.54, 1.807) is 0 Å². The van der Waals surface area contributed by atoms with Crippen LogP contribution in [0.3, 0.4) is 0 Å². The van der Waals surface area contributed by atoms with Crippen LogP contribution in [0.15, 0.2) is 48.5 Å². The topological polar surface area (TPSA) is 66.9 Å². The minimum absolute atomic E-state index is 0.0604. The quantitative estimate of drug-likeness (QED) is 0.665. The van der Waals surface area contributed by atoms with Crippen LogP contribution in [-0.2, 0) is 27.9 Å². The highest BCUT2D eigenvalue weighted by Crippen LogP contribution is 2.21. The van der Waals surface area contributed by atoms with Crippen LogP contribution >= 0.6 is 0 Å². The molecule has 0 N–H and O–H groups in total. The molecular weight excluding hydrogens is 414 g/mol. The molecular formula is C21H24F2N2O4S. The summed E-state index contributed by atoms with van der Waals surface area (Å²) in [6, 6.07) is 12.6. The molecule has 1 fully saturated rings. The maximum Gasteiger partial charge on any atom is 0.410 e. The Balaban J connectivity index is 1.50. The number of nitrogens with zero attached hydrogens (tertiary/aromatic N) is 2. The number of hydrogen-bond acceptors (Lipinski definition) is 4.